The maximum atomic E-state index is 11.2. The zero-order valence-corrected chi connectivity index (χ0v) is 12.7. The Morgan fingerprint density at radius 1 is 0.955 bits per heavy atom. The number of benzene rings is 2. The maximum absolute atomic E-state index is 11.2. The van der Waals surface area contributed by atoms with Gasteiger partial charge in [-0.1, -0.05) is 60.7 Å². The lowest BCUT2D eigenvalue weighted by Gasteiger charge is -2.61. The molecule has 2 aromatic carbocycles. The van der Waals surface area contributed by atoms with Crippen molar-refractivity contribution in [1.29, 1.82) is 0 Å². The van der Waals surface area contributed by atoms with Gasteiger partial charge in [-0.15, -0.1) is 0 Å². The van der Waals surface area contributed by atoms with E-state index < -0.39 is 0 Å². The smallest absolute Gasteiger partial charge is 0.123 e. The SMILES string of the molecule is O=CC1CCC12CN(C(c1ccccc1)c1ccccc1)C2. The first kappa shape index (κ1) is 13.7. The highest BCUT2D eigenvalue weighted by Gasteiger charge is 2.55. The van der Waals surface area contributed by atoms with Crippen molar-refractivity contribution in [3.63, 3.8) is 0 Å². The van der Waals surface area contributed by atoms with Gasteiger partial charge in [0.15, 0.2) is 0 Å². The second kappa shape index (κ2) is 5.36. The molecule has 4 rings (SSSR count). The van der Waals surface area contributed by atoms with Crippen LogP contribution >= 0.6 is 0 Å². The number of likely N-dealkylation sites (tertiary alicyclic amines) is 1. The van der Waals surface area contributed by atoms with Gasteiger partial charge in [0, 0.05) is 24.4 Å². The summed E-state index contributed by atoms with van der Waals surface area (Å²) in [5.74, 6) is 0.288. The van der Waals surface area contributed by atoms with Crippen LogP contribution in [0.15, 0.2) is 60.7 Å². The van der Waals surface area contributed by atoms with E-state index in [-0.39, 0.29) is 11.3 Å². The quantitative estimate of drug-likeness (QED) is 0.801. The second-order valence-electron chi connectivity index (χ2n) is 6.77. The van der Waals surface area contributed by atoms with Crippen LogP contribution in [-0.2, 0) is 4.79 Å². The molecule has 2 nitrogen and oxygen atoms in total. The molecule has 112 valence electrons. The predicted molar refractivity (Wildman–Crippen MR) is 87.5 cm³/mol. The van der Waals surface area contributed by atoms with E-state index in [1.54, 1.807) is 0 Å². The Kier molecular flexibility index (Phi) is 3.34. The number of carbonyl (C=O) groups is 1. The minimum atomic E-state index is 0.281. The first-order valence-corrected chi connectivity index (χ1v) is 8.12. The van der Waals surface area contributed by atoms with Gasteiger partial charge in [-0.3, -0.25) is 4.90 Å². The first-order valence-electron chi connectivity index (χ1n) is 8.12. The molecule has 2 heteroatoms. The molecule has 2 aliphatic rings. The highest BCUT2D eigenvalue weighted by atomic mass is 16.1. The van der Waals surface area contributed by atoms with Crippen molar-refractivity contribution in [2.45, 2.75) is 18.9 Å². The molecule has 0 radical (unpaired) electrons. The molecule has 2 fully saturated rings. The maximum Gasteiger partial charge on any atom is 0.123 e. The molecule has 0 aromatic heterocycles. The normalized spacial score (nSPS) is 23.0. The van der Waals surface area contributed by atoms with Crippen LogP contribution < -0.4 is 0 Å². The topological polar surface area (TPSA) is 20.3 Å². The zero-order chi connectivity index (χ0) is 15.0. The lowest BCUT2D eigenvalue weighted by molar-refractivity contribution is -0.145. The number of hydrogen-bond acceptors (Lipinski definition) is 2. The lowest BCUT2D eigenvalue weighted by Crippen LogP contribution is -2.65. The average Bonchev–Trinajstić information content (AvgIpc) is 2.51. The molecular weight excluding hydrogens is 270 g/mol. The van der Waals surface area contributed by atoms with Crippen LogP contribution in [0.5, 0.6) is 0 Å². The molecule has 1 unspecified atom stereocenters. The average molecular weight is 291 g/mol. The first-order chi connectivity index (χ1) is 10.8. The molecule has 0 N–H and O–H groups in total. The standard InChI is InChI=1S/C20H21NO/c22-13-18-11-12-20(18)14-21(15-20)19(16-7-3-1-4-8-16)17-9-5-2-6-10-17/h1-10,13,18-19H,11-12,14-15H2. The fourth-order valence-electron chi connectivity index (χ4n) is 4.15. The number of carbonyl (C=O) groups excluding carboxylic acids is 1. The summed E-state index contributed by atoms with van der Waals surface area (Å²) in [6.07, 6.45) is 3.47. The number of rotatable bonds is 4. The van der Waals surface area contributed by atoms with Crippen LogP contribution in [-0.4, -0.2) is 24.3 Å². The van der Waals surface area contributed by atoms with E-state index in [9.17, 15) is 4.79 Å². The predicted octanol–water partition coefficient (Wildman–Crippen LogP) is 3.69. The summed E-state index contributed by atoms with van der Waals surface area (Å²) in [5.41, 5.74) is 2.96. The monoisotopic (exact) mass is 291 g/mol. The fourth-order valence-corrected chi connectivity index (χ4v) is 4.15. The molecule has 0 amide bonds. The van der Waals surface area contributed by atoms with Crippen LogP contribution in [0.2, 0.25) is 0 Å². The molecule has 22 heavy (non-hydrogen) atoms. The molecule has 2 aromatic rings. The summed E-state index contributed by atoms with van der Waals surface area (Å²) in [6, 6.07) is 21.7. The van der Waals surface area contributed by atoms with Gasteiger partial charge in [0.25, 0.3) is 0 Å². The minimum absolute atomic E-state index is 0.281. The van der Waals surface area contributed by atoms with Gasteiger partial charge in [0.05, 0.1) is 6.04 Å². The van der Waals surface area contributed by atoms with Gasteiger partial charge in [-0.2, -0.15) is 0 Å². The lowest BCUT2D eigenvalue weighted by atomic mass is 9.56. The fraction of sp³-hybridized carbons (Fsp3) is 0.350. The van der Waals surface area contributed by atoms with Gasteiger partial charge in [0.2, 0.25) is 0 Å². The van der Waals surface area contributed by atoms with Gasteiger partial charge in [0.1, 0.15) is 6.29 Å². The Morgan fingerprint density at radius 2 is 1.50 bits per heavy atom. The molecule has 1 saturated heterocycles. The summed E-state index contributed by atoms with van der Waals surface area (Å²) in [7, 11) is 0. The summed E-state index contributed by atoms with van der Waals surface area (Å²) in [6.45, 7) is 2.09. The van der Waals surface area contributed by atoms with E-state index >= 15 is 0 Å². The van der Waals surface area contributed by atoms with Crippen LogP contribution in [0.3, 0.4) is 0 Å². The van der Waals surface area contributed by atoms with Gasteiger partial charge in [-0.05, 0) is 24.0 Å². The highest BCUT2D eigenvalue weighted by molar-refractivity contribution is 5.58. The molecule has 0 bridgehead atoms. The van der Waals surface area contributed by atoms with E-state index in [0.29, 0.717) is 6.04 Å². The summed E-state index contributed by atoms with van der Waals surface area (Å²) >= 11 is 0. The van der Waals surface area contributed by atoms with Crippen molar-refractivity contribution in [2.75, 3.05) is 13.1 Å². The van der Waals surface area contributed by atoms with E-state index in [1.165, 1.54) is 23.8 Å². The van der Waals surface area contributed by atoms with Crippen molar-refractivity contribution in [2.24, 2.45) is 11.3 Å². The van der Waals surface area contributed by atoms with Crippen LogP contribution in [0, 0.1) is 11.3 Å². The summed E-state index contributed by atoms with van der Waals surface area (Å²) < 4.78 is 0. The number of aldehydes is 1. The van der Waals surface area contributed by atoms with E-state index in [0.717, 1.165) is 19.5 Å². The Bertz CT molecular complexity index is 606. The molecule has 1 saturated carbocycles. The van der Waals surface area contributed by atoms with Gasteiger partial charge < -0.3 is 4.79 Å². The second-order valence-corrected chi connectivity index (χ2v) is 6.77. The third kappa shape index (κ3) is 2.10. The van der Waals surface area contributed by atoms with E-state index in [4.69, 9.17) is 0 Å². The summed E-state index contributed by atoms with van der Waals surface area (Å²) in [5, 5.41) is 0. The Labute approximate surface area is 131 Å². The molecule has 1 aliphatic heterocycles. The Morgan fingerprint density at radius 3 is 1.91 bits per heavy atom. The molecule has 1 atom stereocenters. The highest BCUT2D eigenvalue weighted by Crippen LogP contribution is 2.54. The van der Waals surface area contributed by atoms with Crippen LogP contribution in [0.1, 0.15) is 30.0 Å². The van der Waals surface area contributed by atoms with Crippen LogP contribution in [0.25, 0.3) is 0 Å². The van der Waals surface area contributed by atoms with E-state index in [1.807, 2.05) is 0 Å². The van der Waals surface area contributed by atoms with Crippen molar-refractivity contribution in [1.82, 2.24) is 4.90 Å². The van der Waals surface area contributed by atoms with Gasteiger partial charge >= 0.3 is 0 Å². The van der Waals surface area contributed by atoms with Gasteiger partial charge in [-0.25, -0.2) is 0 Å². The van der Waals surface area contributed by atoms with Crippen molar-refractivity contribution < 1.29 is 4.79 Å². The largest absolute Gasteiger partial charge is 0.303 e. The van der Waals surface area contributed by atoms with Crippen LogP contribution in [0.4, 0.5) is 0 Å². The molecular formula is C20H21NO. The summed E-state index contributed by atoms with van der Waals surface area (Å²) in [4.78, 5) is 13.7. The third-order valence-electron chi connectivity index (χ3n) is 5.54. The molecule has 1 heterocycles. The molecule has 1 aliphatic carbocycles. The van der Waals surface area contributed by atoms with Crippen molar-refractivity contribution in [3.05, 3.63) is 71.8 Å². The molecule has 1 spiro atoms. The number of nitrogens with zero attached hydrogens (tertiary/aromatic N) is 1. The third-order valence-corrected chi connectivity index (χ3v) is 5.54. The van der Waals surface area contributed by atoms with Crippen molar-refractivity contribution >= 4 is 6.29 Å². The number of hydrogen-bond donors (Lipinski definition) is 0. The Balaban J connectivity index is 1.61. The Hall–Kier alpha value is -1.93. The van der Waals surface area contributed by atoms with Crippen molar-refractivity contribution in [3.8, 4) is 0 Å². The minimum Gasteiger partial charge on any atom is -0.303 e. The zero-order valence-electron chi connectivity index (χ0n) is 12.7. The van der Waals surface area contributed by atoms with E-state index in [2.05, 4.69) is 65.6 Å².